The maximum Gasteiger partial charge on any atom is 0.414 e. The summed E-state index contributed by atoms with van der Waals surface area (Å²) in [7, 11) is 0. The predicted molar refractivity (Wildman–Crippen MR) is 68.7 cm³/mol. The summed E-state index contributed by atoms with van der Waals surface area (Å²) in [6.07, 6.45) is 0.138. The van der Waals surface area contributed by atoms with E-state index in [2.05, 4.69) is 0 Å². The van der Waals surface area contributed by atoms with Crippen LogP contribution in [-0.4, -0.2) is 25.4 Å². The molecule has 1 aromatic rings. The van der Waals surface area contributed by atoms with Crippen molar-refractivity contribution in [1.82, 2.24) is 0 Å². The van der Waals surface area contributed by atoms with Gasteiger partial charge in [0.2, 0.25) is 0 Å². The van der Waals surface area contributed by atoms with Gasteiger partial charge in [-0.3, -0.25) is 9.29 Å². The van der Waals surface area contributed by atoms with E-state index in [1.165, 1.54) is 0 Å². The molecule has 1 heterocycles. The van der Waals surface area contributed by atoms with Crippen LogP contribution in [0.25, 0.3) is 0 Å². The molecule has 0 bridgehead atoms. The molecule has 98 valence electrons. The Kier molecular flexibility index (Phi) is 3.84. The third kappa shape index (κ3) is 2.47. The monoisotopic (exact) mass is 251 g/mol. The van der Waals surface area contributed by atoms with Crippen LogP contribution in [-0.2, 0) is 4.74 Å². The van der Waals surface area contributed by atoms with Crippen LogP contribution in [0.2, 0.25) is 0 Å². The second kappa shape index (κ2) is 5.38. The van der Waals surface area contributed by atoms with E-state index < -0.39 is 0 Å². The minimum atomic E-state index is -0.385. The SMILES string of the molecule is CC(C)OC(=O)N1CCC(CF)c2ccccc21. The number of anilines is 1. The lowest BCUT2D eigenvalue weighted by Gasteiger charge is -2.33. The van der Waals surface area contributed by atoms with Crippen LogP contribution < -0.4 is 4.90 Å². The quantitative estimate of drug-likeness (QED) is 0.805. The molecule has 18 heavy (non-hydrogen) atoms. The third-order valence-electron chi connectivity index (χ3n) is 3.11. The number of benzene rings is 1. The number of carbonyl (C=O) groups is 1. The van der Waals surface area contributed by atoms with Crippen molar-refractivity contribution in [1.29, 1.82) is 0 Å². The van der Waals surface area contributed by atoms with Gasteiger partial charge < -0.3 is 4.74 Å². The summed E-state index contributed by atoms with van der Waals surface area (Å²) in [5.74, 6) is -0.107. The molecule has 0 N–H and O–H groups in total. The average molecular weight is 251 g/mol. The predicted octanol–water partition coefficient (Wildman–Crippen LogP) is 3.49. The van der Waals surface area contributed by atoms with Gasteiger partial charge in [0.15, 0.2) is 0 Å². The van der Waals surface area contributed by atoms with Gasteiger partial charge in [-0.1, -0.05) is 18.2 Å². The summed E-state index contributed by atoms with van der Waals surface area (Å²) in [5.41, 5.74) is 1.67. The van der Waals surface area contributed by atoms with E-state index in [4.69, 9.17) is 4.74 Å². The number of hydrogen-bond donors (Lipinski definition) is 0. The van der Waals surface area contributed by atoms with Crippen molar-refractivity contribution in [2.24, 2.45) is 0 Å². The molecule has 0 saturated carbocycles. The van der Waals surface area contributed by atoms with E-state index in [-0.39, 0.29) is 24.8 Å². The standard InChI is InChI=1S/C14H18FNO2/c1-10(2)18-14(17)16-8-7-11(9-15)12-5-3-4-6-13(12)16/h3-6,10-11H,7-9H2,1-2H3. The number of halogens is 1. The minimum absolute atomic E-state index is 0.107. The Balaban J connectivity index is 2.27. The van der Waals surface area contributed by atoms with Crippen LogP contribution >= 0.6 is 0 Å². The second-order valence-electron chi connectivity index (χ2n) is 4.78. The van der Waals surface area contributed by atoms with Crippen molar-refractivity contribution in [3.8, 4) is 0 Å². The van der Waals surface area contributed by atoms with E-state index in [1.807, 2.05) is 38.1 Å². The van der Waals surface area contributed by atoms with Gasteiger partial charge >= 0.3 is 6.09 Å². The molecule has 2 rings (SSSR count). The molecule has 0 spiro atoms. The van der Waals surface area contributed by atoms with Crippen molar-refractivity contribution in [3.05, 3.63) is 29.8 Å². The van der Waals surface area contributed by atoms with Crippen molar-refractivity contribution in [3.63, 3.8) is 0 Å². The lowest BCUT2D eigenvalue weighted by Crippen LogP contribution is -2.38. The summed E-state index contributed by atoms with van der Waals surface area (Å²) >= 11 is 0. The number of carbonyl (C=O) groups excluding carboxylic acids is 1. The summed E-state index contributed by atoms with van der Waals surface area (Å²) in [4.78, 5) is 13.6. The summed E-state index contributed by atoms with van der Waals surface area (Å²) in [6.45, 7) is 3.76. The molecule has 1 aliphatic rings. The van der Waals surface area contributed by atoms with Crippen molar-refractivity contribution in [2.45, 2.75) is 32.3 Å². The Hall–Kier alpha value is -1.58. The molecule has 0 aliphatic carbocycles. The van der Waals surface area contributed by atoms with Gasteiger partial charge in [0, 0.05) is 12.5 Å². The Morgan fingerprint density at radius 3 is 2.89 bits per heavy atom. The Bertz CT molecular complexity index is 434. The van der Waals surface area contributed by atoms with Gasteiger partial charge in [0.1, 0.15) is 0 Å². The highest BCUT2D eigenvalue weighted by molar-refractivity contribution is 5.89. The van der Waals surface area contributed by atoms with Crippen LogP contribution in [0.5, 0.6) is 0 Å². The number of ether oxygens (including phenoxy) is 1. The summed E-state index contributed by atoms with van der Waals surface area (Å²) in [6, 6.07) is 7.46. The Labute approximate surface area is 107 Å². The molecule has 1 aliphatic heterocycles. The third-order valence-corrected chi connectivity index (χ3v) is 3.11. The fraction of sp³-hybridized carbons (Fsp3) is 0.500. The smallest absolute Gasteiger partial charge is 0.414 e. The molecule has 0 saturated heterocycles. The van der Waals surface area contributed by atoms with E-state index in [0.29, 0.717) is 13.0 Å². The average Bonchev–Trinajstić information content (AvgIpc) is 2.36. The highest BCUT2D eigenvalue weighted by Gasteiger charge is 2.29. The molecule has 1 unspecified atom stereocenters. The molecule has 0 fully saturated rings. The fourth-order valence-electron chi connectivity index (χ4n) is 2.25. The largest absolute Gasteiger partial charge is 0.446 e. The van der Waals surface area contributed by atoms with Gasteiger partial charge in [-0.15, -0.1) is 0 Å². The first kappa shape index (κ1) is 12.9. The van der Waals surface area contributed by atoms with Gasteiger partial charge in [-0.2, -0.15) is 0 Å². The molecule has 4 heteroatoms. The van der Waals surface area contributed by atoms with Gasteiger partial charge in [-0.25, -0.2) is 4.79 Å². The lowest BCUT2D eigenvalue weighted by molar-refractivity contribution is 0.122. The number of rotatable bonds is 2. The van der Waals surface area contributed by atoms with Crippen LogP contribution in [0.3, 0.4) is 0 Å². The van der Waals surface area contributed by atoms with E-state index >= 15 is 0 Å². The molecular formula is C14H18FNO2. The maximum absolute atomic E-state index is 13.0. The first-order chi connectivity index (χ1) is 8.63. The van der Waals surface area contributed by atoms with Crippen LogP contribution in [0.1, 0.15) is 31.7 Å². The molecule has 1 aromatic carbocycles. The normalized spacial score (nSPS) is 18.7. The van der Waals surface area contributed by atoms with Gasteiger partial charge in [0.25, 0.3) is 0 Å². The van der Waals surface area contributed by atoms with Gasteiger partial charge in [0.05, 0.1) is 18.5 Å². The second-order valence-corrected chi connectivity index (χ2v) is 4.78. The lowest BCUT2D eigenvalue weighted by atomic mass is 9.91. The van der Waals surface area contributed by atoms with Crippen molar-refractivity contribution >= 4 is 11.8 Å². The van der Waals surface area contributed by atoms with Gasteiger partial charge in [-0.05, 0) is 31.9 Å². The highest BCUT2D eigenvalue weighted by Crippen LogP contribution is 2.35. The first-order valence-electron chi connectivity index (χ1n) is 6.26. The Morgan fingerprint density at radius 1 is 1.50 bits per heavy atom. The number of amides is 1. The number of hydrogen-bond acceptors (Lipinski definition) is 2. The number of alkyl halides is 1. The van der Waals surface area contributed by atoms with Crippen molar-refractivity contribution in [2.75, 3.05) is 18.1 Å². The van der Waals surface area contributed by atoms with E-state index in [1.54, 1.807) is 4.90 Å². The summed E-state index contributed by atoms with van der Waals surface area (Å²) < 4.78 is 18.2. The molecular weight excluding hydrogens is 233 g/mol. The maximum atomic E-state index is 13.0. The molecule has 1 amide bonds. The van der Waals surface area contributed by atoms with E-state index in [0.717, 1.165) is 11.3 Å². The van der Waals surface area contributed by atoms with Crippen LogP contribution in [0.4, 0.5) is 14.9 Å². The number of para-hydroxylation sites is 1. The Morgan fingerprint density at radius 2 is 2.22 bits per heavy atom. The molecule has 1 atom stereocenters. The van der Waals surface area contributed by atoms with Crippen molar-refractivity contribution < 1.29 is 13.9 Å². The number of nitrogens with zero attached hydrogens (tertiary/aromatic N) is 1. The first-order valence-corrected chi connectivity index (χ1v) is 6.26. The topological polar surface area (TPSA) is 29.5 Å². The zero-order chi connectivity index (χ0) is 13.1. The molecule has 3 nitrogen and oxygen atoms in total. The van der Waals surface area contributed by atoms with E-state index in [9.17, 15) is 9.18 Å². The van der Waals surface area contributed by atoms with Crippen LogP contribution in [0, 0.1) is 0 Å². The molecule has 0 aromatic heterocycles. The zero-order valence-electron chi connectivity index (χ0n) is 10.7. The highest BCUT2D eigenvalue weighted by atomic mass is 19.1. The van der Waals surface area contributed by atoms with Crippen LogP contribution in [0.15, 0.2) is 24.3 Å². The molecule has 0 radical (unpaired) electrons. The fourth-order valence-corrected chi connectivity index (χ4v) is 2.25. The number of fused-ring (bicyclic) bond motifs is 1. The minimum Gasteiger partial charge on any atom is -0.446 e. The summed E-state index contributed by atoms with van der Waals surface area (Å²) in [5, 5.41) is 0. The zero-order valence-corrected chi connectivity index (χ0v) is 10.7.